The van der Waals surface area contributed by atoms with Crippen LogP contribution in [0.25, 0.3) is 0 Å². The molecule has 0 aliphatic carbocycles. The topological polar surface area (TPSA) is 127 Å². The molecule has 7 heteroatoms. The maximum atomic E-state index is 10.2. The van der Waals surface area contributed by atoms with E-state index in [1.165, 1.54) is 0 Å². The molecule has 0 aromatic heterocycles. The highest BCUT2D eigenvalue weighted by molar-refractivity contribution is 5.86. The van der Waals surface area contributed by atoms with Crippen molar-refractivity contribution in [3.63, 3.8) is 0 Å². The van der Waals surface area contributed by atoms with Gasteiger partial charge < -0.3 is 15.3 Å². The lowest BCUT2D eigenvalue weighted by atomic mass is 10.2. The van der Waals surface area contributed by atoms with Gasteiger partial charge in [-0.25, -0.2) is 10.3 Å². The second-order valence-corrected chi connectivity index (χ2v) is 1.70. The molecular formula is C4H7NO6. The van der Waals surface area contributed by atoms with Gasteiger partial charge in [-0.05, 0) is 0 Å². The first-order chi connectivity index (χ1) is 5.00. The molecule has 0 aliphatic heterocycles. The fourth-order valence-corrected chi connectivity index (χ4v) is 0.345. The molecule has 1 amide bonds. The van der Waals surface area contributed by atoms with E-state index in [9.17, 15) is 9.59 Å². The van der Waals surface area contributed by atoms with E-state index in [1.54, 1.807) is 0 Å². The standard InChI is InChI=1S/C4H7NO6/c6-1(3(8)5-11)2(7)4(9)10/h1-2,6-7,11H,(H,5,8)(H,9,10). The van der Waals surface area contributed by atoms with Gasteiger partial charge in [0.25, 0.3) is 5.91 Å². The molecule has 0 fully saturated rings. The summed E-state index contributed by atoms with van der Waals surface area (Å²) in [6, 6.07) is 0. The SMILES string of the molecule is O=C(O)C(O)C(O)C(=O)NO. The van der Waals surface area contributed by atoms with Gasteiger partial charge in [0.15, 0.2) is 12.2 Å². The summed E-state index contributed by atoms with van der Waals surface area (Å²) < 4.78 is 0. The number of amides is 1. The summed E-state index contributed by atoms with van der Waals surface area (Å²) in [4.78, 5) is 20.1. The van der Waals surface area contributed by atoms with E-state index in [0.29, 0.717) is 0 Å². The first-order valence-corrected chi connectivity index (χ1v) is 2.53. The van der Waals surface area contributed by atoms with Gasteiger partial charge in [0.05, 0.1) is 0 Å². The summed E-state index contributed by atoms with van der Waals surface area (Å²) in [5, 5.41) is 32.9. The Morgan fingerprint density at radius 1 is 1.18 bits per heavy atom. The molecule has 0 saturated heterocycles. The fraction of sp³-hybridized carbons (Fsp3) is 0.500. The first-order valence-electron chi connectivity index (χ1n) is 2.53. The summed E-state index contributed by atoms with van der Waals surface area (Å²) in [5.74, 6) is -3.12. The third-order valence-corrected chi connectivity index (χ3v) is 0.931. The predicted octanol–water partition coefficient (Wildman–Crippen LogP) is -2.70. The van der Waals surface area contributed by atoms with Gasteiger partial charge in [-0.2, -0.15) is 0 Å². The molecule has 2 atom stereocenters. The van der Waals surface area contributed by atoms with Gasteiger partial charge >= 0.3 is 5.97 Å². The van der Waals surface area contributed by atoms with Crippen molar-refractivity contribution in [3.05, 3.63) is 0 Å². The summed E-state index contributed by atoms with van der Waals surface area (Å²) in [7, 11) is 0. The van der Waals surface area contributed by atoms with Crippen LogP contribution >= 0.6 is 0 Å². The summed E-state index contributed by atoms with van der Waals surface area (Å²) in [5.41, 5.74) is 0.988. The largest absolute Gasteiger partial charge is 0.479 e. The molecule has 0 aliphatic rings. The Bertz CT molecular complexity index is 168. The lowest BCUT2D eigenvalue weighted by Gasteiger charge is -2.10. The van der Waals surface area contributed by atoms with Crippen LogP contribution < -0.4 is 5.48 Å². The zero-order valence-electron chi connectivity index (χ0n) is 5.26. The van der Waals surface area contributed by atoms with Gasteiger partial charge in [0.2, 0.25) is 0 Å². The minimum atomic E-state index is -2.23. The van der Waals surface area contributed by atoms with Gasteiger partial charge in [-0.1, -0.05) is 0 Å². The molecule has 0 saturated carbocycles. The van der Waals surface area contributed by atoms with Crippen LogP contribution in [0.5, 0.6) is 0 Å². The average Bonchev–Trinajstić information content (AvgIpc) is 2.00. The van der Waals surface area contributed by atoms with Crippen LogP contribution in [0.15, 0.2) is 0 Å². The Morgan fingerprint density at radius 2 is 1.64 bits per heavy atom. The van der Waals surface area contributed by atoms with Crippen LogP contribution in [0.1, 0.15) is 0 Å². The molecule has 0 rings (SSSR count). The molecule has 64 valence electrons. The number of aliphatic hydroxyl groups is 2. The molecule has 0 aromatic carbocycles. The van der Waals surface area contributed by atoms with E-state index >= 15 is 0 Å². The van der Waals surface area contributed by atoms with Gasteiger partial charge in [0, 0.05) is 0 Å². The van der Waals surface area contributed by atoms with E-state index < -0.39 is 24.1 Å². The maximum absolute atomic E-state index is 10.2. The number of carboxylic acid groups (broad SMARTS) is 1. The van der Waals surface area contributed by atoms with E-state index in [-0.39, 0.29) is 0 Å². The highest BCUT2D eigenvalue weighted by Gasteiger charge is 2.29. The van der Waals surface area contributed by atoms with Crippen molar-refractivity contribution in [2.75, 3.05) is 0 Å². The molecular weight excluding hydrogens is 158 g/mol. The molecule has 2 unspecified atom stereocenters. The van der Waals surface area contributed by atoms with Crippen molar-refractivity contribution in [1.29, 1.82) is 0 Å². The molecule has 5 N–H and O–H groups in total. The Balaban J connectivity index is 4.12. The second kappa shape index (κ2) is 3.86. The molecule has 0 aromatic rings. The van der Waals surface area contributed by atoms with Crippen LogP contribution in [0.2, 0.25) is 0 Å². The Morgan fingerprint density at radius 3 is 1.91 bits per heavy atom. The van der Waals surface area contributed by atoms with Crippen LogP contribution in [-0.2, 0) is 9.59 Å². The number of hydrogen-bond acceptors (Lipinski definition) is 5. The number of hydroxylamine groups is 1. The number of carboxylic acids is 1. The first kappa shape index (κ1) is 9.82. The van der Waals surface area contributed by atoms with Gasteiger partial charge in [0.1, 0.15) is 0 Å². The van der Waals surface area contributed by atoms with E-state index in [0.717, 1.165) is 5.48 Å². The molecule has 0 bridgehead atoms. The van der Waals surface area contributed by atoms with Crippen molar-refractivity contribution >= 4 is 11.9 Å². The minimum absolute atomic E-state index is 0.988. The molecule has 0 spiro atoms. The van der Waals surface area contributed by atoms with Crippen molar-refractivity contribution in [2.24, 2.45) is 0 Å². The summed E-state index contributed by atoms with van der Waals surface area (Å²) in [6.07, 6.45) is -4.40. The smallest absolute Gasteiger partial charge is 0.335 e. The molecule has 0 heterocycles. The van der Waals surface area contributed by atoms with Crippen molar-refractivity contribution < 1.29 is 30.1 Å². The average molecular weight is 165 g/mol. The van der Waals surface area contributed by atoms with E-state index in [1.807, 2.05) is 0 Å². The Labute approximate surface area is 60.8 Å². The van der Waals surface area contributed by atoms with Crippen LogP contribution in [-0.4, -0.2) is 44.6 Å². The summed E-state index contributed by atoms with van der Waals surface area (Å²) >= 11 is 0. The van der Waals surface area contributed by atoms with Crippen molar-refractivity contribution in [3.8, 4) is 0 Å². The maximum Gasteiger partial charge on any atom is 0.335 e. The van der Waals surface area contributed by atoms with Crippen LogP contribution in [0.4, 0.5) is 0 Å². The van der Waals surface area contributed by atoms with Crippen molar-refractivity contribution in [1.82, 2.24) is 5.48 Å². The zero-order valence-corrected chi connectivity index (χ0v) is 5.26. The number of carbonyl (C=O) groups is 2. The predicted molar refractivity (Wildman–Crippen MR) is 29.6 cm³/mol. The number of nitrogens with one attached hydrogen (secondary N) is 1. The van der Waals surface area contributed by atoms with E-state index in [2.05, 4.69) is 0 Å². The normalized spacial score (nSPS) is 15.2. The highest BCUT2D eigenvalue weighted by Crippen LogP contribution is 1.92. The zero-order chi connectivity index (χ0) is 9.02. The number of aliphatic hydroxyl groups excluding tert-OH is 2. The number of carbonyl (C=O) groups excluding carboxylic acids is 1. The minimum Gasteiger partial charge on any atom is -0.479 e. The number of aliphatic carboxylic acids is 1. The van der Waals surface area contributed by atoms with Crippen LogP contribution in [0.3, 0.4) is 0 Å². The van der Waals surface area contributed by atoms with E-state index in [4.69, 9.17) is 20.5 Å². The molecule has 0 radical (unpaired) electrons. The lowest BCUT2D eigenvalue weighted by Crippen LogP contribution is -2.44. The summed E-state index contributed by atoms with van der Waals surface area (Å²) in [6.45, 7) is 0. The number of hydrogen-bond donors (Lipinski definition) is 5. The Kier molecular flexibility index (Phi) is 3.45. The highest BCUT2D eigenvalue weighted by atomic mass is 16.5. The number of rotatable bonds is 3. The Hall–Kier alpha value is -1.18. The van der Waals surface area contributed by atoms with Gasteiger partial charge in [-0.3, -0.25) is 10.0 Å². The molecule has 11 heavy (non-hydrogen) atoms. The monoisotopic (exact) mass is 165 g/mol. The molecule has 7 nitrogen and oxygen atoms in total. The van der Waals surface area contributed by atoms with Crippen LogP contribution in [0, 0.1) is 0 Å². The third-order valence-electron chi connectivity index (χ3n) is 0.931. The third kappa shape index (κ3) is 2.50. The quantitative estimate of drug-likeness (QED) is 0.229. The second-order valence-electron chi connectivity index (χ2n) is 1.70. The lowest BCUT2D eigenvalue weighted by molar-refractivity contribution is -0.161. The van der Waals surface area contributed by atoms with Crippen molar-refractivity contribution in [2.45, 2.75) is 12.2 Å². The van der Waals surface area contributed by atoms with Gasteiger partial charge in [-0.15, -0.1) is 0 Å². The fourth-order valence-electron chi connectivity index (χ4n) is 0.345.